The molecule has 0 spiro atoms. The van der Waals surface area contributed by atoms with Gasteiger partial charge >= 0.3 is 0 Å². The molecule has 6 heteroatoms. The molecule has 1 aliphatic heterocycles. The molecule has 3 atom stereocenters. The Morgan fingerprint density at radius 2 is 1.83 bits per heavy atom. The first kappa shape index (κ1) is 18.0. The number of hydrogen-bond acceptors (Lipinski definition) is 3. The molecule has 1 amide bonds. The predicted molar refractivity (Wildman–Crippen MR) is 96.1 cm³/mol. The van der Waals surface area contributed by atoms with Gasteiger partial charge in [0.05, 0.1) is 18.1 Å². The summed E-state index contributed by atoms with van der Waals surface area (Å²) in [6, 6.07) is 8.22. The minimum atomic E-state index is -0.871. The number of benzene rings is 1. The van der Waals surface area contributed by atoms with Gasteiger partial charge in [-0.25, -0.2) is 0 Å². The molecule has 1 saturated heterocycles. The highest BCUT2D eigenvalue weighted by Crippen LogP contribution is 2.53. The fraction of sp³-hybridized carbons (Fsp3) is 0.611. The number of alkyl halides is 2. The van der Waals surface area contributed by atoms with E-state index in [2.05, 4.69) is 36.2 Å². The van der Waals surface area contributed by atoms with Crippen molar-refractivity contribution >= 4 is 29.1 Å². The van der Waals surface area contributed by atoms with Gasteiger partial charge in [0.25, 0.3) is 0 Å². The Morgan fingerprint density at radius 1 is 1.25 bits per heavy atom. The third-order valence-electron chi connectivity index (χ3n) is 4.60. The lowest BCUT2D eigenvalue weighted by molar-refractivity contribution is -0.122. The van der Waals surface area contributed by atoms with Crippen LogP contribution in [0.1, 0.15) is 31.4 Å². The molecular weight excluding hydrogens is 347 g/mol. The molecule has 3 unspecified atom stereocenters. The summed E-state index contributed by atoms with van der Waals surface area (Å²) in [5.74, 6) is -0.350. The average molecular weight is 371 g/mol. The molecular formula is C18H24Cl2N2O2. The van der Waals surface area contributed by atoms with Crippen molar-refractivity contribution in [3.8, 4) is 0 Å². The Kier molecular flexibility index (Phi) is 5.40. The van der Waals surface area contributed by atoms with E-state index in [1.54, 1.807) is 0 Å². The van der Waals surface area contributed by atoms with Crippen LogP contribution in [0.4, 0.5) is 0 Å². The minimum absolute atomic E-state index is 0.0663. The van der Waals surface area contributed by atoms with E-state index in [1.165, 1.54) is 5.56 Å². The van der Waals surface area contributed by atoms with Crippen LogP contribution < -0.4 is 5.32 Å². The van der Waals surface area contributed by atoms with Crippen LogP contribution in [0.5, 0.6) is 0 Å². The highest BCUT2D eigenvalue weighted by molar-refractivity contribution is 6.52. The number of rotatable bonds is 5. The molecule has 132 valence electrons. The first-order chi connectivity index (χ1) is 11.3. The number of hydrogen-bond donors (Lipinski definition) is 1. The van der Waals surface area contributed by atoms with Gasteiger partial charge in [-0.05, 0) is 31.4 Å². The van der Waals surface area contributed by atoms with Crippen LogP contribution >= 0.6 is 23.2 Å². The first-order valence-corrected chi connectivity index (χ1v) is 9.21. The third kappa shape index (κ3) is 4.42. The average Bonchev–Trinajstić information content (AvgIpc) is 3.14. The maximum absolute atomic E-state index is 12.1. The second kappa shape index (κ2) is 7.20. The zero-order valence-corrected chi connectivity index (χ0v) is 15.6. The molecule has 3 rings (SSSR count). The van der Waals surface area contributed by atoms with Crippen LogP contribution in [0.2, 0.25) is 0 Å². The summed E-state index contributed by atoms with van der Waals surface area (Å²) in [4.78, 5) is 14.5. The summed E-state index contributed by atoms with van der Waals surface area (Å²) in [7, 11) is 0. The molecule has 1 aromatic carbocycles. The molecule has 0 radical (unpaired) electrons. The highest BCUT2D eigenvalue weighted by Gasteiger charge is 2.56. The van der Waals surface area contributed by atoms with Gasteiger partial charge in [-0.2, -0.15) is 0 Å². The molecule has 1 saturated carbocycles. The fourth-order valence-electron chi connectivity index (χ4n) is 3.34. The van der Waals surface area contributed by atoms with Gasteiger partial charge in [-0.1, -0.05) is 24.3 Å². The quantitative estimate of drug-likeness (QED) is 0.809. The summed E-state index contributed by atoms with van der Waals surface area (Å²) >= 11 is 11.9. The maximum Gasteiger partial charge on any atom is 0.226 e. The van der Waals surface area contributed by atoms with Crippen molar-refractivity contribution in [1.82, 2.24) is 10.2 Å². The van der Waals surface area contributed by atoms with E-state index in [1.807, 2.05) is 12.1 Å². The number of amides is 1. The number of ether oxygens (including phenoxy) is 1. The van der Waals surface area contributed by atoms with Crippen LogP contribution in [0.15, 0.2) is 24.3 Å². The van der Waals surface area contributed by atoms with Crippen LogP contribution in [0.3, 0.4) is 0 Å². The van der Waals surface area contributed by atoms with E-state index in [-0.39, 0.29) is 24.0 Å². The maximum atomic E-state index is 12.1. The molecule has 0 bridgehead atoms. The zero-order chi connectivity index (χ0) is 17.3. The van der Waals surface area contributed by atoms with Crippen LogP contribution in [-0.4, -0.2) is 40.4 Å². The molecule has 4 nitrogen and oxygen atoms in total. The Morgan fingerprint density at radius 3 is 2.42 bits per heavy atom. The highest BCUT2D eigenvalue weighted by atomic mass is 35.5. The van der Waals surface area contributed by atoms with E-state index in [0.29, 0.717) is 13.0 Å². The largest absolute Gasteiger partial charge is 0.373 e. The third-order valence-corrected chi connectivity index (χ3v) is 5.44. The zero-order valence-electron chi connectivity index (χ0n) is 14.1. The second-order valence-corrected chi connectivity index (χ2v) is 8.50. The van der Waals surface area contributed by atoms with Gasteiger partial charge in [-0.3, -0.25) is 9.69 Å². The lowest BCUT2D eigenvalue weighted by atomic mass is 10.1. The van der Waals surface area contributed by atoms with Crippen molar-refractivity contribution < 1.29 is 9.53 Å². The fourth-order valence-corrected chi connectivity index (χ4v) is 3.85. The Hall–Kier alpha value is -0.810. The molecule has 2 fully saturated rings. The summed E-state index contributed by atoms with van der Waals surface area (Å²) in [5, 5.41) is 2.96. The Balaban J connectivity index is 1.60. The summed E-state index contributed by atoms with van der Waals surface area (Å²) < 4.78 is 4.92. The second-order valence-electron chi connectivity index (χ2n) is 6.96. The lowest BCUT2D eigenvalue weighted by Crippen LogP contribution is -2.45. The molecule has 0 aromatic heterocycles. The van der Waals surface area contributed by atoms with Crippen molar-refractivity contribution in [2.75, 3.05) is 13.1 Å². The van der Waals surface area contributed by atoms with Crippen molar-refractivity contribution in [3.05, 3.63) is 35.4 Å². The number of halogens is 2. The number of morpholine rings is 1. The first-order valence-electron chi connectivity index (χ1n) is 8.45. The predicted octanol–water partition coefficient (Wildman–Crippen LogP) is 3.11. The molecule has 1 aliphatic carbocycles. The van der Waals surface area contributed by atoms with Gasteiger partial charge in [0, 0.05) is 26.2 Å². The van der Waals surface area contributed by atoms with Crippen molar-refractivity contribution in [2.24, 2.45) is 5.92 Å². The number of nitrogens with one attached hydrogen (secondary N) is 1. The smallest absolute Gasteiger partial charge is 0.226 e. The molecule has 1 aromatic rings. The number of nitrogens with zero attached hydrogens (tertiary/aromatic N) is 1. The van der Waals surface area contributed by atoms with Gasteiger partial charge < -0.3 is 10.1 Å². The SMILES string of the molecule is CC1CN(Cc2ccccc2CNC(=O)C2CC2(Cl)Cl)CC(C)O1. The summed E-state index contributed by atoms with van der Waals surface area (Å²) in [6.45, 7) is 7.43. The topological polar surface area (TPSA) is 41.6 Å². The summed E-state index contributed by atoms with van der Waals surface area (Å²) in [5.41, 5.74) is 2.37. The molecule has 1 heterocycles. The normalized spacial score (nSPS) is 29.2. The number of carbonyl (C=O) groups is 1. The molecule has 1 N–H and O–H groups in total. The van der Waals surface area contributed by atoms with E-state index >= 15 is 0 Å². The number of carbonyl (C=O) groups excluding carboxylic acids is 1. The summed E-state index contributed by atoms with van der Waals surface area (Å²) in [6.07, 6.45) is 1.03. The van der Waals surface area contributed by atoms with Gasteiger partial charge in [-0.15, -0.1) is 23.2 Å². The molecule has 2 aliphatic rings. The van der Waals surface area contributed by atoms with Gasteiger partial charge in [0.15, 0.2) is 0 Å². The minimum Gasteiger partial charge on any atom is -0.373 e. The van der Waals surface area contributed by atoms with Gasteiger partial charge in [0.2, 0.25) is 5.91 Å². The molecule has 24 heavy (non-hydrogen) atoms. The van der Waals surface area contributed by atoms with Gasteiger partial charge in [0.1, 0.15) is 4.33 Å². The standard InChI is InChI=1S/C18H24Cl2N2O2/c1-12-9-22(10-13(2)24-12)11-15-6-4-3-5-14(15)8-21-17(23)16-7-18(16,19)20/h3-6,12-13,16H,7-11H2,1-2H3,(H,21,23). The van der Waals surface area contributed by atoms with Crippen LogP contribution in [0.25, 0.3) is 0 Å². The van der Waals surface area contributed by atoms with Crippen molar-refractivity contribution in [3.63, 3.8) is 0 Å². The van der Waals surface area contributed by atoms with Crippen molar-refractivity contribution in [2.45, 2.75) is 49.9 Å². The van der Waals surface area contributed by atoms with E-state index in [4.69, 9.17) is 27.9 Å². The Bertz CT molecular complexity index is 598. The van der Waals surface area contributed by atoms with Crippen LogP contribution in [-0.2, 0) is 22.6 Å². The van der Waals surface area contributed by atoms with Crippen molar-refractivity contribution in [1.29, 1.82) is 0 Å². The van der Waals surface area contributed by atoms with Crippen LogP contribution in [0, 0.1) is 5.92 Å². The van der Waals surface area contributed by atoms with E-state index < -0.39 is 4.33 Å². The monoisotopic (exact) mass is 370 g/mol. The Labute approximate surface area is 153 Å². The van der Waals surface area contributed by atoms with E-state index in [9.17, 15) is 4.79 Å². The van der Waals surface area contributed by atoms with E-state index in [0.717, 1.165) is 25.2 Å². The lowest BCUT2D eigenvalue weighted by Gasteiger charge is -2.35.